The van der Waals surface area contributed by atoms with E-state index in [9.17, 15) is 18.0 Å². The number of hydrogen-bond donors (Lipinski definition) is 1. The van der Waals surface area contributed by atoms with Crippen molar-refractivity contribution in [2.75, 3.05) is 12.4 Å². The van der Waals surface area contributed by atoms with E-state index in [1.165, 1.54) is 6.07 Å². The molecule has 0 atom stereocenters. The lowest BCUT2D eigenvalue weighted by Gasteiger charge is -2.11. The van der Waals surface area contributed by atoms with Crippen LogP contribution in [0, 0.1) is 0 Å². The summed E-state index contributed by atoms with van der Waals surface area (Å²) >= 11 is 0. The number of esters is 2. The van der Waals surface area contributed by atoms with E-state index in [2.05, 4.69) is 0 Å². The quantitative estimate of drug-likeness (QED) is 0.334. The molecule has 9 heteroatoms. The molecule has 0 aromatic heterocycles. The summed E-state index contributed by atoms with van der Waals surface area (Å²) < 4.78 is 40.2. The van der Waals surface area contributed by atoms with Crippen LogP contribution in [0.15, 0.2) is 48.5 Å². The van der Waals surface area contributed by atoms with Gasteiger partial charge in [0.25, 0.3) is 10.1 Å². The summed E-state index contributed by atoms with van der Waals surface area (Å²) in [4.78, 5) is 24.4. The highest BCUT2D eigenvalue weighted by atomic mass is 32.2. The van der Waals surface area contributed by atoms with E-state index >= 15 is 0 Å². The maximum Gasteiger partial charge on any atom is 0.343 e. The predicted octanol–water partition coefficient (Wildman–Crippen LogP) is 1.08. The third kappa shape index (κ3) is 5.71. The SMILES string of the molecule is BCc1ccc(C(=O)OCCS(=O)(=O)O)c(OC(=O)c2ccccc2)c1. The Morgan fingerprint density at radius 1 is 1.04 bits per heavy atom. The molecule has 0 saturated heterocycles. The van der Waals surface area contributed by atoms with Gasteiger partial charge in [-0.2, -0.15) is 8.42 Å². The second kappa shape index (κ2) is 8.64. The molecule has 0 heterocycles. The first-order valence-corrected chi connectivity index (χ1v) is 9.43. The maximum atomic E-state index is 12.2. The Balaban J connectivity index is 2.21. The lowest BCUT2D eigenvalue weighted by Crippen LogP contribution is -2.17. The first kappa shape index (κ1) is 19.7. The van der Waals surface area contributed by atoms with E-state index in [1.54, 1.807) is 42.5 Å². The highest BCUT2D eigenvalue weighted by Gasteiger charge is 2.19. The number of benzene rings is 2. The maximum absolute atomic E-state index is 12.2. The molecule has 0 saturated carbocycles. The van der Waals surface area contributed by atoms with Crippen LogP contribution in [0.4, 0.5) is 0 Å². The molecule has 2 aromatic carbocycles. The molecule has 1 N–H and O–H groups in total. The fraction of sp³-hybridized carbons (Fsp3) is 0.176. The lowest BCUT2D eigenvalue weighted by atomic mass is 9.96. The van der Waals surface area contributed by atoms with Crippen LogP contribution in [-0.2, 0) is 21.2 Å². The lowest BCUT2D eigenvalue weighted by molar-refractivity contribution is 0.0522. The first-order valence-electron chi connectivity index (χ1n) is 7.82. The zero-order valence-corrected chi connectivity index (χ0v) is 14.9. The molecule has 0 amide bonds. The van der Waals surface area contributed by atoms with Gasteiger partial charge >= 0.3 is 11.9 Å². The predicted molar refractivity (Wildman–Crippen MR) is 96.8 cm³/mol. The molecule has 136 valence electrons. The van der Waals surface area contributed by atoms with Gasteiger partial charge in [0, 0.05) is 0 Å². The van der Waals surface area contributed by atoms with Gasteiger partial charge in [0.05, 0.1) is 5.56 Å². The van der Waals surface area contributed by atoms with Crippen LogP contribution in [0.3, 0.4) is 0 Å². The Morgan fingerprint density at radius 3 is 2.35 bits per heavy atom. The first-order chi connectivity index (χ1) is 12.3. The topological polar surface area (TPSA) is 107 Å². The zero-order valence-electron chi connectivity index (χ0n) is 14.0. The number of rotatable bonds is 7. The van der Waals surface area contributed by atoms with Crippen molar-refractivity contribution in [3.63, 3.8) is 0 Å². The highest BCUT2D eigenvalue weighted by molar-refractivity contribution is 7.85. The smallest absolute Gasteiger partial charge is 0.343 e. The fourth-order valence-corrected chi connectivity index (χ4v) is 2.38. The summed E-state index contributed by atoms with van der Waals surface area (Å²) in [7, 11) is -2.34. The summed E-state index contributed by atoms with van der Waals surface area (Å²) in [5.41, 5.74) is 1.15. The van der Waals surface area contributed by atoms with Crippen LogP contribution in [0.25, 0.3) is 0 Å². The second-order valence-corrected chi connectivity index (χ2v) is 6.93. The monoisotopic (exact) mass is 376 g/mol. The largest absolute Gasteiger partial charge is 0.461 e. The van der Waals surface area contributed by atoms with E-state index in [4.69, 9.17) is 14.0 Å². The van der Waals surface area contributed by atoms with Gasteiger partial charge in [-0.25, -0.2) is 9.59 Å². The molecule has 7 nitrogen and oxygen atoms in total. The minimum absolute atomic E-state index is 0.0122. The summed E-state index contributed by atoms with van der Waals surface area (Å²) in [6.07, 6.45) is 0.661. The highest BCUT2D eigenvalue weighted by Crippen LogP contribution is 2.23. The van der Waals surface area contributed by atoms with Crippen molar-refractivity contribution in [3.05, 3.63) is 65.2 Å². The van der Waals surface area contributed by atoms with E-state index < -0.39 is 34.4 Å². The number of ether oxygens (including phenoxy) is 2. The van der Waals surface area contributed by atoms with Crippen LogP contribution < -0.4 is 4.74 Å². The normalized spacial score (nSPS) is 11.0. The summed E-state index contributed by atoms with van der Waals surface area (Å²) in [5.74, 6) is -2.18. The van der Waals surface area contributed by atoms with E-state index in [0.717, 1.165) is 5.56 Å². The van der Waals surface area contributed by atoms with Gasteiger partial charge in [0.2, 0.25) is 0 Å². The van der Waals surface area contributed by atoms with Gasteiger partial charge < -0.3 is 9.47 Å². The zero-order chi connectivity index (χ0) is 19.2. The number of hydrogen-bond acceptors (Lipinski definition) is 6. The van der Waals surface area contributed by atoms with Gasteiger partial charge in [-0.3, -0.25) is 4.55 Å². The van der Waals surface area contributed by atoms with Crippen LogP contribution in [0.5, 0.6) is 5.75 Å². The van der Waals surface area contributed by atoms with Crippen molar-refractivity contribution >= 4 is 29.9 Å². The molecule has 0 bridgehead atoms. The van der Waals surface area contributed by atoms with Crippen molar-refractivity contribution in [1.82, 2.24) is 0 Å². The minimum Gasteiger partial charge on any atom is -0.461 e. The van der Waals surface area contributed by atoms with Crippen LogP contribution in [0.1, 0.15) is 26.3 Å². The molecule has 0 aliphatic carbocycles. The average molecular weight is 376 g/mol. The summed E-state index contributed by atoms with van der Waals surface area (Å²) in [6, 6.07) is 13.0. The average Bonchev–Trinajstić information content (AvgIpc) is 2.61. The van der Waals surface area contributed by atoms with Crippen molar-refractivity contribution in [2.45, 2.75) is 6.32 Å². The summed E-state index contributed by atoms with van der Waals surface area (Å²) in [6.45, 7) is -0.515. The van der Waals surface area contributed by atoms with Crippen molar-refractivity contribution in [3.8, 4) is 5.75 Å². The Morgan fingerprint density at radius 2 is 1.73 bits per heavy atom. The molecular formula is C17H17BO7S. The van der Waals surface area contributed by atoms with Crippen LogP contribution >= 0.6 is 0 Å². The molecule has 0 aliphatic heterocycles. The fourth-order valence-electron chi connectivity index (χ4n) is 2.09. The molecule has 2 rings (SSSR count). The molecular weight excluding hydrogens is 359 g/mol. The van der Waals surface area contributed by atoms with Crippen LogP contribution in [0.2, 0.25) is 0 Å². The minimum atomic E-state index is -4.24. The molecule has 0 radical (unpaired) electrons. The van der Waals surface area contributed by atoms with E-state index in [-0.39, 0.29) is 11.3 Å². The third-order valence-electron chi connectivity index (χ3n) is 3.46. The van der Waals surface area contributed by atoms with Gasteiger partial charge in [0.1, 0.15) is 31.5 Å². The number of carbonyl (C=O) groups is 2. The summed E-state index contributed by atoms with van der Waals surface area (Å²) in [5, 5.41) is 0. The van der Waals surface area contributed by atoms with Crippen molar-refractivity contribution in [1.29, 1.82) is 0 Å². The van der Waals surface area contributed by atoms with Crippen molar-refractivity contribution in [2.24, 2.45) is 0 Å². The van der Waals surface area contributed by atoms with Gasteiger partial charge in [0.15, 0.2) is 0 Å². The van der Waals surface area contributed by atoms with Gasteiger partial charge in [-0.1, -0.05) is 36.1 Å². The molecule has 0 spiro atoms. The Bertz CT molecular complexity index is 895. The van der Waals surface area contributed by atoms with Crippen LogP contribution in [-0.4, -0.2) is 45.1 Å². The Kier molecular flexibility index (Phi) is 6.54. The van der Waals surface area contributed by atoms with E-state index in [1.807, 2.05) is 7.85 Å². The molecule has 0 fully saturated rings. The third-order valence-corrected chi connectivity index (χ3v) is 4.14. The van der Waals surface area contributed by atoms with Gasteiger partial charge in [-0.15, -0.1) is 0 Å². The van der Waals surface area contributed by atoms with Gasteiger partial charge in [-0.05, 0) is 24.3 Å². The molecule has 0 unspecified atom stereocenters. The molecule has 26 heavy (non-hydrogen) atoms. The van der Waals surface area contributed by atoms with Crippen molar-refractivity contribution < 1.29 is 32.0 Å². The van der Waals surface area contributed by atoms with E-state index in [0.29, 0.717) is 11.9 Å². The number of carbonyl (C=O) groups excluding carboxylic acids is 2. The molecule has 2 aromatic rings. The molecule has 0 aliphatic rings. The standard InChI is InChI=1S/C17H17BO7S/c18-11-12-6-7-14(17(20)24-8-9-26(21,22)23)15(10-12)25-16(19)13-4-2-1-3-5-13/h1-7,10H,8-9,11,18H2,(H,21,22,23). The Hall–Kier alpha value is -2.65. The second-order valence-electron chi connectivity index (χ2n) is 5.36. The Labute approximate surface area is 152 Å².